The van der Waals surface area contributed by atoms with Gasteiger partial charge in [0.15, 0.2) is 0 Å². The van der Waals surface area contributed by atoms with Gasteiger partial charge >= 0.3 is 6.03 Å². The molecule has 0 aliphatic carbocycles. The average Bonchev–Trinajstić information content (AvgIpc) is 3.13. The van der Waals surface area contributed by atoms with Crippen LogP contribution in [0.1, 0.15) is 12.8 Å². The molecule has 1 aliphatic rings. The first-order valence-electron chi connectivity index (χ1n) is 8.25. The van der Waals surface area contributed by atoms with E-state index in [9.17, 15) is 9.59 Å². The molecule has 130 valence electrons. The van der Waals surface area contributed by atoms with Crippen LogP contribution in [-0.2, 0) is 4.79 Å². The Morgan fingerprint density at radius 3 is 2.52 bits per heavy atom. The zero-order chi connectivity index (χ0) is 17.6. The van der Waals surface area contributed by atoms with Gasteiger partial charge in [-0.05, 0) is 37.1 Å². The monoisotopic (exact) mass is 339 g/mol. The van der Waals surface area contributed by atoms with E-state index in [4.69, 9.17) is 4.74 Å². The maximum atomic E-state index is 12.6. The first-order chi connectivity index (χ1) is 12.2. The summed E-state index contributed by atoms with van der Waals surface area (Å²) in [5.41, 5.74) is 1.31. The molecule has 2 N–H and O–H groups in total. The molecule has 2 aromatic rings. The number of benzene rings is 2. The molecule has 1 heterocycles. The Bertz CT molecular complexity index is 749. The number of hydrogen-bond acceptors (Lipinski definition) is 3. The van der Waals surface area contributed by atoms with Crippen molar-refractivity contribution < 1.29 is 14.3 Å². The lowest BCUT2D eigenvalue weighted by Gasteiger charge is -2.24. The highest BCUT2D eigenvalue weighted by Crippen LogP contribution is 2.25. The number of ether oxygens (including phenoxy) is 1. The molecule has 1 aliphatic heterocycles. The van der Waals surface area contributed by atoms with Gasteiger partial charge in [0.2, 0.25) is 5.91 Å². The lowest BCUT2D eigenvalue weighted by atomic mass is 10.2. The van der Waals surface area contributed by atoms with Crippen molar-refractivity contribution in [1.82, 2.24) is 4.90 Å². The smallest absolute Gasteiger partial charge is 0.322 e. The Morgan fingerprint density at radius 1 is 1.04 bits per heavy atom. The summed E-state index contributed by atoms with van der Waals surface area (Å²) in [6.45, 7) is 0.549. The Balaban J connectivity index is 1.68. The molecule has 6 nitrogen and oxygen atoms in total. The number of rotatable bonds is 4. The maximum absolute atomic E-state index is 12.6. The zero-order valence-corrected chi connectivity index (χ0v) is 14.1. The Hall–Kier alpha value is -3.02. The summed E-state index contributed by atoms with van der Waals surface area (Å²) in [4.78, 5) is 26.8. The first-order valence-corrected chi connectivity index (χ1v) is 8.25. The molecule has 2 aromatic carbocycles. The van der Waals surface area contributed by atoms with Crippen LogP contribution in [0.15, 0.2) is 54.6 Å². The third kappa shape index (κ3) is 3.91. The standard InChI is InChI=1S/C19H21N3O3/c1-25-17-12-6-5-10-15(17)21-19(24)22-13-7-11-16(22)18(23)20-14-8-3-2-4-9-14/h2-6,8-10,12,16H,7,11,13H2,1H3,(H,20,23)(H,21,24). The van der Waals surface area contributed by atoms with Crippen LogP contribution >= 0.6 is 0 Å². The number of urea groups is 1. The third-order valence-corrected chi connectivity index (χ3v) is 4.21. The Labute approximate surface area is 146 Å². The van der Waals surface area contributed by atoms with Gasteiger partial charge in [0.1, 0.15) is 11.8 Å². The maximum Gasteiger partial charge on any atom is 0.322 e. The summed E-state index contributed by atoms with van der Waals surface area (Å²) < 4.78 is 5.25. The fourth-order valence-electron chi connectivity index (χ4n) is 2.96. The number of likely N-dealkylation sites (tertiary alicyclic amines) is 1. The van der Waals surface area contributed by atoms with Gasteiger partial charge in [-0.2, -0.15) is 0 Å². The Morgan fingerprint density at radius 2 is 1.76 bits per heavy atom. The van der Waals surface area contributed by atoms with Crippen molar-refractivity contribution >= 4 is 23.3 Å². The SMILES string of the molecule is COc1ccccc1NC(=O)N1CCCC1C(=O)Nc1ccccc1. The molecular weight excluding hydrogens is 318 g/mol. The van der Waals surface area contributed by atoms with E-state index in [2.05, 4.69) is 10.6 Å². The summed E-state index contributed by atoms with van der Waals surface area (Å²) in [6.07, 6.45) is 1.45. The van der Waals surface area contributed by atoms with E-state index in [1.807, 2.05) is 42.5 Å². The molecule has 0 saturated carbocycles. The van der Waals surface area contributed by atoms with Gasteiger partial charge in [-0.1, -0.05) is 30.3 Å². The van der Waals surface area contributed by atoms with Gasteiger partial charge in [-0.3, -0.25) is 4.79 Å². The topological polar surface area (TPSA) is 70.7 Å². The minimum absolute atomic E-state index is 0.168. The van der Waals surface area contributed by atoms with Gasteiger partial charge < -0.3 is 20.3 Å². The number of amides is 3. The van der Waals surface area contributed by atoms with E-state index in [0.29, 0.717) is 24.4 Å². The van der Waals surface area contributed by atoms with E-state index < -0.39 is 6.04 Å². The second-order valence-electron chi connectivity index (χ2n) is 5.84. The van der Waals surface area contributed by atoms with Crippen molar-refractivity contribution in [2.75, 3.05) is 24.3 Å². The molecule has 1 unspecified atom stereocenters. The fraction of sp³-hybridized carbons (Fsp3) is 0.263. The number of anilines is 2. The molecule has 0 spiro atoms. The van der Waals surface area contributed by atoms with Crippen LogP contribution in [0.25, 0.3) is 0 Å². The number of methoxy groups -OCH3 is 1. The van der Waals surface area contributed by atoms with Crippen LogP contribution in [0.4, 0.5) is 16.2 Å². The fourth-order valence-corrected chi connectivity index (χ4v) is 2.96. The number of carbonyl (C=O) groups excluding carboxylic acids is 2. The van der Waals surface area contributed by atoms with E-state index in [1.54, 1.807) is 24.1 Å². The Kier molecular flexibility index (Phi) is 5.18. The van der Waals surface area contributed by atoms with Crippen molar-refractivity contribution in [2.45, 2.75) is 18.9 Å². The van der Waals surface area contributed by atoms with Gasteiger partial charge in [-0.15, -0.1) is 0 Å². The molecule has 1 atom stereocenters. The number of hydrogen-bond donors (Lipinski definition) is 2. The minimum atomic E-state index is -0.477. The minimum Gasteiger partial charge on any atom is -0.495 e. The summed E-state index contributed by atoms with van der Waals surface area (Å²) >= 11 is 0. The number of para-hydroxylation sites is 3. The molecular formula is C19H21N3O3. The molecule has 25 heavy (non-hydrogen) atoms. The lowest BCUT2D eigenvalue weighted by Crippen LogP contribution is -2.45. The summed E-state index contributed by atoms with van der Waals surface area (Å²) in [7, 11) is 1.55. The van der Waals surface area contributed by atoms with E-state index >= 15 is 0 Å². The largest absolute Gasteiger partial charge is 0.495 e. The molecule has 0 radical (unpaired) electrons. The highest BCUT2D eigenvalue weighted by molar-refractivity contribution is 6.00. The van der Waals surface area contributed by atoms with Crippen molar-refractivity contribution in [2.24, 2.45) is 0 Å². The van der Waals surface area contributed by atoms with Crippen molar-refractivity contribution in [1.29, 1.82) is 0 Å². The number of nitrogens with zero attached hydrogens (tertiary/aromatic N) is 1. The predicted molar refractivity (Wildman–Crippen MR) is 96.8 cm³/mol. The molecule has 1 fully saturated rings. The molecule has 1 saturated heterocycles. The summed E-state index contributed by atoms with van der Waals surface area (Å²) in [5.74, 6) is 0.416. The predicted octanol–water partition coefficient (Wildman–Crippen LogP) is 3.33. The summed E-state index contributed by atoms with van der Waals surface area (Å²) in [5, 5.41) is 5.70. The normalized spacial score (nSPS) is 16.4. The number of nitrogens with one attached hydrogen (secondary N) is 2. The van der Waals surface area contributed by atoms with E-state index in [-0.39, 0.29) is 11.9 Å². The number of carbonyl (C=O) groups is 2. The molecule has 3 amide bonds. The van der Waals surface area contributed by atoms with Crippen LogP contribution in [0.5, 0.6) is 5.75 Å². The van der Waals surface area contributed by atoms with Crippen molar-refractivity contribution in [3.63, 3.8) is 0 Å². The zero-order valence-electron chi connectivity index (χ0n) is 14.1. The second kappa shape index (κ2) is 7.70. The summed E-state index contributed by atoms with van der Waals surface area (Å²) in [6, 6.07) is 15.7. The van der Waals surface area contributed by atoms with Crippen LogP contribution in [-0.4, -0.2) is 36.5 Å². The van der Waals surface area contributed by atoms with Crippen LogP contribution in [0, 0.1) is 0 Å². The van der Waals surface area contributed by atoms with Gasteiger partial charge in [-0.25, -0.2) is 4.79 Å². The quantitative estimate of drug-likeness (QED) is 0.897. The third-order valence-electron chi connectivity index (χ3n) is 4.21. The molecule has 6 heteroatoms. The lowest BCUT2D eigenvalue weighted by molar-refractivity contribution is -0.119. The van der Waals surface area contributed by atoms with Crippen LogP contribution < -0.4 is 15.4 Å². The van der Waals surface area contributed by atoms with Gasteiger partial charge in [0.05, 0.1) is 12.8 Å². The van der Waals surface area contributed by atoms with E-state index in [0.717, 1.165) is 12.1 Å². The van der Waals surface area contributed by atoms with Crippen LogP contribution in [0.2, 0.25) is 0 Å². The molecule has 0 aromatic heterocycles. The van der Waals surface area contributed by atoms with E-state index in [1.165, 1.54) is 0 Å². The van der Waals surface area contributed by atoms with Crippen molar-refractivity contribution in [3.05, 3.63) is 54.6 Å². The van der Waals surface area contributed by atoms with Gasteiger partial charge in [0.25, 0.3) is 0 Å². The highest BCUT2D eigenvalue weighted by atomic mass is 16.5. The highest BCUT2D eigenvalue weighted by Gasteiger charge is 2.34. The van der Waals surface area contributed by atoms with Crippen molar-refractivity contribution in [3.8, 4) is 5.75 Å². The second-order valence-corrected chi connectivity index (χ2v) is 5.84. The average molecular weight is 339 g/mol. The molecule has 3 rings (SSSR count). The first kappa shape index (κ1) is 16.8. The molecule has 0 bridgehead atoms. The van der Waals surface area contributed by atoms with Crippen LogP contribution in [0.3, 0.4) is 0 Å². The van der Waals surface area contributed by atoms with Gasteiger partial charge in [0, 0.05) is 12.2 Å².